The Morgan fingerprint density at radius 2 is 1.59 bits per heavy atom. The van der Waals surface area contributed by atoms with Crippen molar-refractivity contribution in [1.29, 1.82) is 0 Å². The van der Waals surface area contributed by atoms with Crippen molar-refractivity contribution in [3.63, 3.8) is 0 Å². The van der Waals surface area contributed by atoms with Gasteiger partial charge in [-0.05, 0) is 17.2 Å². The van der Waals surface area contributed by atoms with Crippen molar-refractivity contribution in [3.8, 4) is 0 Å². The van der Waals surface area contributed by atoms with E-state index in [2.05, 4.69) is 27.4 Å². The SMILES string of the molecule is O=C1N=C(C(F)(F)c2ccccc2)Cc2c1nnn2Cc1ccccc1SCc1ccccc1. The van der Waals surface area contributed by atoms with E-state index in [-0.39, 0.29) is 17.7 Å². The lowest BCUT2D eigenvalue weighted by Crippen LogP contribution is -2.33. The largest absolute Gasteiger partial charge is 0.311 e. The van der Waals surface area contributed by atoms with E-state index in [1.807, 2.05) is 42.5 Å². The molecule has 5 rings (SSSR count). The molecule has 0 aliphatic carbocycles. The van der Waals surface area contributed by atoms with Gasteiger partial charge in [-0.1, -0.05) is 84.1 Å². The van der Waals surface area contributed by atoms with Crippen LogP contribution in [0.25, 0.3) is 0 Å². The second-order valence-corrected chi connectivity index (χ2v) is 8.92. The van der Waals surface area contributed by atoms with Gasteiger partial charge >= 0.3 is 5.92 Å². The number of aromatic nitrogens is 3. The minimum atomic E-state index is -3.37. The van der Waals surface area contributed by atoms with Crippen molar-refractivity contribution >= 4 is 23.4 Å². The number of hydrogen-bond donors (Lipinski definition) is 0. The maximum atomic E-state index is 15.2. The van der Waals surface area contributed by atoms with E-state index in [0.29, 0.717) is 12.2 Å². The van der Waals surface area contributed by atoms with Gasteiger partial charge in [-0.2, -0.15) is 8.78 Å². The summed E-state index contributed by atoms with van der Waals surface area (Å²) in [7, 11) is 0. The van der Waals surface area contributed by atoms with Crippen molar-refractivity contribution in [2.45, 2.75) is 29.5 Å². The van der Waals surface area contributed by atoms with E-state index in [1.54, 1.807) is 17.8 Å². The Morgan fingerprint density at radius 3 is 2.35 bits per heavy atom. The Balaban J connectivity index is 1.40. The van der Waals surface area contributed by atoms with Gasteiger partial charge < -0.3 is 0 Å². The summed E-state index contributed by atoms with van der Waals surface area (Å²) in [6.07, 6.45) is -0.199. The van der Waals surface area contributed by atoms with Crippen LogP contribution >= 0.6 is 11.8 Å². The fraction of sp³-hybridized carbons (Fsp3) is 0.154. The highest BCUT2D eigenvalue weighted by Gasteiger charge is 2.42. The molecule has 1 aromatic heterocycles. The van der Waals surface area contributed by atoms with Gasteiger partial charge in [0, 0.05) is 22.6 Å². The first-order valence-corrected chi connectivity index (χ1v) is 11.7. The molecule has 5 nitrogen and oxygen atoms in total. The zero-order valence-electron chi connectivity index (χ0n) is 18.1. The Kier molecular flexibility index (Phi) is 6.06. The number of amides is 1. The molecule has 1 amide bonds. The van der Waals surface area contributed by atoms with Crippen LogP contribution in [-0.2, 0) is 24.6 Å². The molecule has 0 spiro atoms. The van der Waals surface area contributed by atoms with Crippen molar-refractivity contribution in [3.05, 3.63) is 113 Å². The van der Waals surface area contributed by atoms with E-state index >= 15 is 8.78 Å². The summed E-state index contributed by atoms with van der Waals surface area (Å²) in [5.41, 5.74) is 1.87. The molecule has 1 aliphatic rings. The molecule has 0 bridgehead atoms. The fourth-order valence-corrected chi connectivity index (χ4v) is 4.85. The van der Waals surface area contributed by atoms with Crippen LogP contribution in [0.15, 0.2) is 94.8 Å². The number of carbonyl (C=O) groups is 1. The van der Waals surface area contributed by atoms with Crippen LogP contribution in [0.5, 0.6) is 0 Å². The highest BCUT2D eigenvalue weighted by molar-refractivity contribution is 7.98. The minimum absolute atomic E-state index is 0.0297. The van der Waals surface area contributed by atoms with E-state index in [4.69, 9.17) is 0 Å². The average Bonchev–Trinajstić information content (AvgIpc) is 3.28. The number of halogens is 2. The molecule has 34 heavy (non-hydrogen) atoms. The average molecular weight is 475 g/mol. The summed E-state index contributed by atoms with van der Waals surface area (Å²) in [6.45, 7) is 0.317. The molecule has 8 heteroatoms. The Morgan fingerprint density at radius 1 is 0.912 bits per heavy atom. The summed E-state index contributed by atoms with van der Waals surface area (Å²) >= 11 is 1.69. The third-order valence-corrected chi connectivity index (χ3v) is 6.83. The van der Waals surface area contributed by atoms with Gasteiger partial charge in [-0.3, -0.25) is 4.79 Å². The lowest BCUT2D eigenvalue weighted by molar-refractivity contribution is 0.0715. The molecule has 170 valence electrons. The van der Waals surface area contributed by atoms with Gasteiger partial charge in [0.25, 0.3) is 5.91 Å². The Labute approximate surface area is 199 Å². The highest BCUT2D eigenvalue weighted by Crippen LogP contribution is 2.34. The molecule has 0 saturated carbocycles. The maximum Gasteiger partial charge on any atom is 0.311 e. The van der Waals surface area contributed by atoms with E-state index in [9.17, 15) is 4.79 Å². The third-order valence-electron chi connectivity index (χ3n) is 5.64. The first-order valence-electron chi connectivity index (χ1n) is 10.7. The van der Waals surface area contributed by atoms with Crippen LogP contribution < -0.4 is 0 Å². The highest BCUT2D eigenvalue weighted by atomic mass is 32.2. The number of benzene rings is 3. The quantitative estimate of drug-likeness (QED) is 0.330. The molecule has 0 unspecified atom stereocenters. The minimum Gasteiger partial charge on any atom is -0.265 e. The van der Waals surface area contributed by atoms with Gasteiger partial charge in [0.2, 0.25) is 0 Å². The maximum absolute atomic E-state index is 15.2. The normalized spacial score (nSPS) is 13.5. The summed E-state index contributed by atoms with van der Waals surface area (Å²) in [6, 6.07) is 25.4. The zero-order chi connectivity index (χ0) is 23.5. The van der Waals surface area contributed by atoms with Gasteiger partial charge in [0.15, 0.2) is 5.69 Å². The lowest BCUT2D eigenvalue weighted by atomic mass is 9.97. The van der Waals surface area contributed by atoms with Gasteiger partial charge in [0.05, 0.1) is 12.2 Å². The topological polar surface area (TPSA) is 60.1 Å². The van der Waals surface area contributed by atoms with Crippen LogP contribution in [0.2, 0.25) is 0 Å². The third kappa shape index (κ3) is 4.41. The molecule has 1 aliphatic heterocycles. The predicted octanol–water partition coefficient (Wildman–Crippen LogP) is 5.55. The number of rotatable bonds is 7. The lowest BCUT2D eigenvalue weighted by Gasteiger charge is -2.22. The van der Waals surface area contributed by atoms with Gasteiger partial charge in [-0.15, -0.1) is 16.9 Å². The molecular weight excluding hydrogens is 454 g/mol. The standard InChI is InChI=1S/C26H20F2N4OS/c27-26(28,20-12-5-2-6-13-20)23-15-21-24(25(33)29-23)30-31-32(21)16-19-11-7-8-14-22(19)34-17-18-9-3-1-4-10-18/h1-14H,15-17H2. The number of hydrogen-bond acceptors (Lipinski definition) is 4. The van der Waals surface area contributed by atoms with Gasteiger partial charge in [-0.25, -0.2) is 9.67 Å². The number of thioether (sulfide) groups is 1. The number of alkyl halides is 2. The smallest absolute Gasteiger partial charge is 0.265 e. The monoisotopic (exact) mass is 474 g/mol. The molecule has 0 atom stereocenters. The van der Waals surface area contributed by atoms with E-state index < -0.39 is 17.5 Å². The van der Waals surface area contributed by atoms with Crippen LogP contribution in [0.1, 0.15) is 32.9 Å². The molecule has 0 N–H and O–H groups in total. The molecular formula is C26H20F2N4OS. The second kappa shape index (κ2) is 9.30. The number of nitrogens with zero attached hydrogens (tertiary/aromatic N) is 4. The number of aliphatic imine (C=N–C) groups is 1. The number of fused-ring (bicyclic) bond motifs is 1. The van der Waals surface area contributed by atoms with Crippen LogP contribution in [0, 0.1) is 0 Å². The molecule has 4 aromatic rings. The molecule has 0 saturated heterocycles. The first kappa shape index (κ1) is 22.2. The molecule has 0 radical (unpaired) electrons. The summed E-state index contributed by atoms with van der Waals surface area (Å²) in [5, 5.41) is 8.06. The molecule has 2 heterocycles. The molecule has 0 fully saturated rings. The Bertz CT molecular complexity index is 1350. The van der Waals surface area contributed by atoms with Crippen LogP contribution in [-0.4, -0.2) is 26.6 Å². The first-order chi connectivity index (χ1) is 16.5. The summed E-state index contributed by atoms with van der Waals surface area (Å²) in [4.78, 5) is 17.3. The summed E-state index contributed by atoms with van der Waals surface area (Å²) < 4.78 is 31.9. The molecule has 3 aromatic carbocycles. The fourth-order valence-electron chi connectivity index (χ4n) is 3.84. The van der Waals surface area contributed by atoms with E-state index in [1.165, 1.54) is 34.5 Å². The van der Waals surface area contributed by atoms with Crippen molar-refractivity contribution in [1.82, 2.24) is 15.0 Å². The Hall–Kier alpha value is -3.65. The van der Waals surface area contributed by atoms with Crippen LogP contribution in [0.3, 0.4) is 0 Å². The van der Waals surface area contributed by atoms with Crippen molar-refractivity contribution in [2.24, 2.45) is 4.99 Å². The van der Waals surface area contributed by atoms with Crippen molar-refractivity contribution in [2.75, 3.05) is 0 Å². The van der Waals surface area contributed by atoms with Gasteiger partial charge in [0.1, 0.15) is 5.71 Å². The predicted molar refractivity (Wildman–Crippen MR) is 127 cm³/mol. The van der Waals surface area contributed by atoms with E-state index in [0.717, 1.165) is 16.2 Å². The second-order valence-electron chi connectivity index (χ2n) is 7.91. The van der Waals surface area contributed by atoms with Crippen LogP contribution in [0.4, 0.5) is 8.78 Å². The van der Waals surface area contributed by atoms with Crippen molar-refractivity contribution < 1.29 is 13.6 Å². The number of carbonyl (C=O) groups excluding carboxylic acids is 1. The zero-order valence-corrected chi connectivity index (χ0v) is 18.9. The summed E-state index contributed by atoms with van der Waals surface area (Å²) in [5.74, 6) is -3.36.